The number of hydrogen-bond donors (Lipinski definition) is 1. The number of ketones is 1. The minimum absolute atomic E-state index is 0.258. The molecule has 0 fully saturated rings. The number of nitrogens with zero attached hydrogens (tertiary/aromatic N) is 2. The van der Waals surface area contributed by atoms with Crippen molar-refractivity contribution in [3.05, 3.63) is 24.0 Å². The summed E-state index contributed by atoms with van der Waals surface area (Å²) in [5.74, 6) is -0.422. The maximum atomic E-state index is 11.9. The molecule has 0 aliphatic heterocycles. The highest BCUT2D eigenvalue weighted by molar-refractivity contribution is 5.80. The van der Waals surface area contributed by atoms with E-state index in [9.17, 15) is 9.59 Å². The summed E-state index contributed by atoms with van der Waals surface area (Å²) in [6, 6.07) is 3.66. The van der Waals surface area contributed by atoms with Gasteiger partial charge in [0.25, 0.3) is 0 Å². The van der Waals surface area contributed by atoms with Crippen LogP contribution >= 0.6 is 0 Å². The molecule has 0 amide bonds. The number of aromatic nitrogens is 2. The average molecular weight is 363 g/mol. The lowest BCUT2D eigenvalue weighted by Crippen LogP contribution is -2.04. The van der Waals surface area contributed by atoms with Crippen LogP contribution in [0.15, 0.2) is 18.3 Å². The third-order valence-electron chi connectivity index (χ3n) is 4.60. The Bertz CT molecular complexity index is 491. The number of rotatable bonds is 17. The summed E-state index contributed by atoms with van der Waals surface area (Å²) >= 11 is 0. The largest absolute Gasteiger partial charge is 0.481 e. The van der Waals surface area contributed by atoms with E-state index in [1.807, 2.05) is 12.1 Å². The molecule has 0 atom stereocenters. The molecule has 0 aromatic carbocycles. The van der Waals surface area contributed by atoms with Crippen molar-refractivity contribution < 1.29 is 14.7 Å². The number of carbonyl (C=O) groups is 2. The lowest BCUT2D eigenvalue weighted by atomic mass is 10.0. The van der Waals surface area contributed by atoms with Gasteiger partial charge in [0.15, 0.2) is 0 Å². The van der Waals surface area contributed by atoms with Gasteiger partial charge in [-0.15, -0.1) is 0 Å². The van der Waals surface area contributed by atoms with Gasteiger partial charge in [0.2, 0.25) is 0 Å². The van der Waals surface area contributed by atoms with E-state index in [0.29, 0.717) is 19.3 Å². The van der Waals surface area contributed by atoms with Crippen LogP contribution in [0.1, 0.15) is 95.6 Å². The fourth-order valence-electron chi connectivity index (χ4n) is 3.08. The normalized spacial score (nSPS) is 10.8. The number of aliphatic carboxylic acids is 1. The number of unbranched alkanes of at least 4 members (excludes halogenated alkanes) is 11. The van der Waals surface area contributed by atoms with Crippen molar-refractivity contribution in [3.8, 4) is 0 Å². The molecule has 0 unspecified atom stereocenters. The molecule has 0 aliphatic carbocycles. The molecule has 0 aliphatic rings. The molecule has 26 heavy (non-hydrogen) atoms. The summed E-state index contributed by atoms with van der Waals surface area (Å²) in [6.45, 7) is 0. The topological polar surface area (TPSA) is 80.1 Å². The standard InChI is InChI=1S/C21H34N2O3/c24-20(18-19-14-13-17-22-23-19)15-11-9-7-5-3-1-2-4-6-8-10-12-16-21(25)26/h13-14,17H,1-12,15-16,18H2,(H,25,26). The molecule has 5 heteroatoms. The van der Waals surface area contributed by atoms with Crippen LogP contribution in [0.3, 0.4) is 0 Å². The minimum Gasteiger partial charge on any atom is -0.481 e. The number of hydrogen-bond acceptors (Lipinski definition) is 4. The first kappa shape index (κ1) is 22.3. The molecule has 1 aromatic rings. The molecule has 146 valence electrons. The van der Waals surface area contributed by atoms with E-state index in [2.05, 4.69) is 10.2 Å². The highest BCUT2D eigenvalue weighted by Crippen LogP contribution is 2.13. The van der Waals surface area contributed by atoms with Gasteiger partial charge in [-0.25, -0.2) is 0 Å². The highest BCUT2D eigenvalue weighted by Gasteiger charge is 2.04. The predicted molar refractivity (Wildman–Crippen MR) is 103 cm³/mol. The number of carbonyl (C=O) groups excluding carboxylic acids is 1. The van der Waals surface area contributed by atoms with Gasteiger partial charge in [0, 0.05) is 19.0 Å². The third-order valence-corrected chi connectivity index (χ3v) is 4.60. The molecule has 1 heterocycles. The van der Waals surface area contributed by atoms with E-state index in [-0.39, 0.29) is 5.78 Å². The zero-order chi connectivity index (χ0) is 18.9. The zero-order valence-electron chi connectivity index (χ0n) is 16.0. The third kappa shape index (κ3) is 13.5. The van der Waals surface area contributed by atoms with E-state index in [1.54, 1.807) is 6.20 Å². The van der Waals surface area contributed by atoms with Crippen molar-refractivity contribution >= 4 is 11.8 Å². The average Bonchev–Trinajstić information content (AvgIpc) is 2.62. The second-order valence-electron chi connectivity index (χ2n) is 7.07. The Morgan fingerprint density at radius 3 is 1.73 bits per heavy atom. The summed E-state index contributed by atoms with van der Waals surface area (Å²) in [5, 5.41) is 16.3. The molecule has 1 N–H and O–H groups in total. The molecular formula is C21H34N2O3. The lowest BCUT2D eigenvalue weighted by molar-refractivity contribution is -0.137. The van der Waals surface area contributed by atoms with Crippen molar-refractivity contribution in [2.45, 2.75) is 96.3 Å². The van der Waals surface area contributed by atoms with E-state index < -0.39 is 5.97 Å². The second-order valence-corrected chi connectivity index (χ2v) is 7.07. The monoisotopic (exact) mass is 362 g/mol. The number of Topliss-reactive ketones (excluding diaryl/α,β-unsaturated/α-hetero) is 1. The number of carboxylic acids is 1. The first-order valence-electron chi connectivity index (χ1n) is 10.2. The van der Waals surface area contributed by atoms with Crippen LogP contribution in [0, 0.1) is 0 Å². The molecule has 0 bridgehead atoms. The van der Waals surface area contributed by atoms with Crippen molar-refractivity contribution in [3.63, 3.8) is 0 Å². The van der Waals surface area contributed by atoms with Crippen molar-refractivity contribution in [2.75, 3.05) is 0 Å². The Balaban J connectivity index is 1.79. The van der Waals surface area contributed by atoms with Crippen LogP contribution in [0.5, 0.6) is 0 Å². The van der Waals surface area contributed by atoms with Gasteiger partial charge >= 0.3 is 5.97 Å². The van der Waals surface area contributed by atoms with Crippen molar-refractivity contribution in [2.24, 2.45) is 0 Å². The van der Waals surface area contributed by atoms with Crippen LogP contribution in [-0.4, -0.2) is 27.1 Å². The molecule has 1 rings (SSSR count). The number of carboxylic acid groups (broad SMARTS) is 1. The molecule has 0 spiro atoms. The fraction of sp³-hybridized carbons (Fsp3) is 0.714. The Labute approximate surface area is 157 Å². The molecule has 5 nitrogen and oxygen atoms in total. The smallest absolute Gasteiger partial charge is 0.303 e. The van der Waals surface area contributed by atoms with Gasteiger partial charge < -0.3 is 5.11 Å². The lowest BCUT2D eigenvalue weighted by Gasteiger charge is -2.03. The van der Waals surface area contributed by atoms with E-state index >= 15 is 0 Å². The minimum atomic E-state index is -0.681. The van der Waals surface area contributed by atoms with Crippen LogP contribution in [-0.2, 0) is 16.0 Å². The van der Waals surface area contributed by atoms with E-state index in [4.69, 9.17) is 5.11 Å². The molecule has 0 saturated heterocycles. The van der Waals surface area contributed by atoms with Crippen LogP contribution in [0.4, 0.5) is 0 Å². The van der Waals surface area contributed by atoms with Crippen molar-refractivity contribution in [1.82, 2.24) is 10.2 Å². The van der Waals surface area contributed by atoms with Gasteiger partial charge in [-0.05, 0) is 25.0 Å². The Morgan fingerprint density at radius 1 is 0.769 bits per heavy atom. The molecule has 0 radical (unpaired) electrons. The fourth-order valence-corrected chi connectivity index (χ4v) is 3.08. The summed E-state index contributed by atoms with van der Waals surface area (Å²) in [6.07, 6.45) is 17.0. The Hall–Kier alpha value is -1.78. The van der Waals surface area contributed by atoms with Gasteiger partial charge in [-0.1, -0.05) is 64.2 Å². The first-order chi connectivity index (χ1) is 12.7. The van der Waals surface area contributed by atoms with Gasteiger partial charge in [0.05, 0.1) is 12.1 Å². The van der Waals surface area contributed by atoms with Gasteiger partial charge in [-0.3, -0.25) is 9.59 Å². The van der Waals surface area contributed by atoms with E-state index in [1.165, 1.54) is 44.9 Å². The zero-order valence-corrected chi connectivity index (χ0v) is 16.0. The molecule has 1 aromatic heterocycles. The maximum Gasteiger partial charge on any atom is 0.303 e. The van der Waals surface area contributed by atoms with Crippen LogP contribution in [0.2, 0.25) is 0 Å². The maximum absolute atomic E-state index is 11.9. The van der Waals surface area contributed by atoms with Gasteiger partial charge in [0.1, 0.15) is 5.78 Å². The first-order valence-corrected chi connectivity index (χ1v) is 10.2. The highest BCUT2D eigenvalue weighted by atomic mass is 16.4. The molecular weight excluding hydrogens is 328 g/mol. The summed E-state index contributed by atoms with van der Waals surface area (Å²) < 4.78 is 0. The molecule has 0 saturated carbocycles. The SMILES string of the molecule is O=C(O)CCCCCCCCCCCCCCC(=O)Cc1cccnn1. The summed E-state index contributed by atoms with van der Waals surface area (Å²) in [5.41, 5.74) is 0.763. The van der Waals surface area contributed by atoms with E-state index in [0.717, 1.165) is 37.8 Å². The van der Waals surface area contributed by atoms with Crippen molar-refractivity contribution in [1.29, 1.82) is 0 Å². The van der Waals surface area contributed by atoms with Gasteiger partial charge in [-0.2, -0.15) is 10.2 Å². The Morgan fingerprint density at radius 2 is 1.27 bits per heavy atom. The Kier molecular flexibility index (Phi) is 13.2. The summed E-state index contributed by atoms with van der Waals surface area (Å²) in [4.78, 5) is 22.2. The van der Waals surface area contributed by atoms with Crippen LogP contribution in [0.25, 0.3) is 0 Å². The predicted octanol–water partition coefficient (Wildman–Crippen LogP) is 5.13. The second kappa shape index (κ2) is 15.5. The van der Waals surface area contributed by atoms with Crippen LogP contribution < -0.4 is 0 Å². The quantitative estimate of drug-likeness (QED) is 0.388. The summed E-state index contributed by atoms with van der Waals surface area (Å²) in [7, 11) is 0.